The van der Waals surface area contributed by atoms with Gasteiger partial charge >= 0.3 is 0 Å². The topological polar surface area (TPSA) is 72.3 Å². The Morgan fingerprint density at radius 3 is 2.65 bits per heavy atom. The van der Waals surface area contributed by atoms with Crippen LogP contribution in [0.25, 0.3) is 0 Å². The molecule has 0 saturated carbocycles. The zero-order valence-corrected chi connectivity index (χ0v) is 10.3. The first-order chi connectivity index (χ1) is 8.00. The monoisotopic (exact) mass is 233 g/mol. The van der Waals surface area contributed by atoms with Crippen molar-refractivity contribution in [2.45, 2.75) is 26.3 Å². The van der Waals surface area contributed by atoms with E-state index in [1.807, 2.05) is 6.07 Å². The predicted molar refractivity (Wildman–Crippen MR) is 70.0 cm³/mol. The minimum Gasteiger partial charge on any atom is -0.397 e. The summed E-state index contributed by atoms with van der Waals surface area (Å²) in [6.45, 7) is 5.29. The SMILES string of the molecule is CC1CC(C)N(c2c(N)cccc2C(N)=O)C1. The van der Waals surface area contributed by atoms with Crippen molar-refractivity contribution >= 4 is 17.3 Å². The molecule has 4 heteroatoms. The smallest absolute Gasteiger partial charge is 0.250 e. The Labute approximate surface area is 102 Å². The van der Waals surface area contributed by atoms with Crippen LogP contribution in [0.2, 0.25) is 0 Å². The van der Waals surface area contributed by atoms with E-state index >= 15 is 0 Å². The van der Waals surface area contributed by atoms with Crippen LogP contribution in [0, 0.1) is 5.92 Å². The first kappa shape index (κ1) is 11.8. The standard InChI is InChI=1S/C13H19N3O/c1-8-6-9(2)16(7-8)12-10(13(15)17)4-3-5-11(12)14/h3-5,8-9H,6-7,14H2,1-2H3,(H2,15,17). The Balaban J connectivity index is 2.47. The summed E-state index contributed by atoms with van der Waals surface area (Å²) < 4.78 is 0. The maximum absolute atomic E-state index is 11.5. The number of amides is 1. The molecule has 0 radical (unpaired) electrons. The third kappa shape index (κ3) is 2.07. The molecule has 0 aliphatic carbocycles. The van der Waals surface area contributed by atoms with E-state index in [0.717, 1.165) is 18.7 Å². The van der Waals surface area contributed by atoms with E-state index in [-0.39, 0.29) is 0 Å². The highest BCUT2D eigenvalue weighted by Gasteiger charge is 2.29. The first-order valence-corrected chi connectivity index (χ1v) is 5.95. The number of rotatable bonds is 2. The predicted octanol–water partition coefficient (Wildman–Crippen LogP) is 1.60. The van der Waals surface area contributed by atoms with Crippen molar-refractivity contribution in [1.82, 2.24) is 0 Å². The number of nitrogens with zero attached hydrogens (tertiary/aromatic N) is 1. The van der Waals surface area contributed by atoms with Crippen LogP contribution in [0.4, 0.5) is 11.4 Å². The number of primary amides is 1. The van der Waals surface area contributed by atoms with E-state index in [1.54, 1.807) is 12.1 Å². The van der Waals surface area contributed by atoms with Gasteiger partial charge in [-0.1, -0.05) is 13.0 Å². The molecule has 17 heavy (non-hydrogen) atoms. The number of carbonyl (C=O) groups is 1. The Morgan fingerprint density at radius 2 is 2.12 bits per heavy atom. The lowest BCUT2D eigenvalue weighted by molar-refractivity contribution is 0.100. The van der Waals surface area contributed by atoms with Crippen LogP contribution in [0.15, 0.2) is 18.2 Å². The molecule has 1 aromatic rings. The number of hydrogen-bond acceptors (Lipinski definition) is 3. The third-order valence-electron chi connectivity index (χ3n) is 3.40. The molecule has 92 valence electrons. The molecular formula is C13H19N3O. The van der Waals surface area contributed by atoms with E-state index < -0.39 is 5.91 Å². The number of anilines is 2. The average molecular weight is 233 g/mol. The van der Waals surface area contributed by atoms with E-state index in [0.29, 0.717) is 23.2 Å². The molecule has 0 spiro atoms. The van der Waals surface area contributed by atoms with Gasteiger partial charge in [-0.15, -0.1) is 0 Å². The molecule has 2 atom stereocenters. The number of para-hydroxylation sites is 1. The van der Waals surface area contributed by atoms with Crippen LogP contribution in [0.1, 0.15) is 30.6 Å². The van der Waals surface area contributed by atoms with Crippen molar-refractivity contribution in [3.63, 3.8) is 0 Å². The minimum absolute atomic E-state index is 0.396. The lowest BCUT2D eigenvalue weighted by Crippen LogP contribution is -2.30. The lowest BCUT2D eigenvalue weighted by Gasteiger charge is -2.27. The molecule has 2 unspecified atom stereocenters. The molecule has 2 rings (SSSR count). The van der Waals surface area contributed by atoms with E-state index in [9.17, 15) is 4.79 Å². The highest BCUT2D eigenvalue weighted by Crippen LogP contribution is 2.35. The normalized spacial score (nSPS) is 24.0. The minimum atomic E-state index is -0.418. The van der Waals surface area contributed by atoms with Gasteiger partial charge in [0.1, 0.15) is 0 Å². The second-order valence-corrected chi connectivity index (χ2v) is 4.95. The summed E-state index contributed by atoms with van der Waals surface area (Å²) in [6.07, 6.45) is 1.12. The summed E-state index contributed by atoms with van der Waals surface area (Å²) in [4.78, 5) is 13.7. The highest BCUT2D eigenvalue weighted by molar-refractivity contribution is 6.01. The maximum atomic E-state index is 11.5. The van der Waals surface area contributed by atoms with Gasteiger partial charge < -0.3 is 16.4 Å². The van der Waals surface area contributed by atoms with E-state index in [4.69, 9.17) is 11.5 Å². The van der Waals surface area contributed by atoms with Crippen molar-refractivity contribution in [3.05, 3.63) is 23.8 Å². The summed E-state index contributed by atoms with van der Waals surface area (Å²) in [7, 11) is 0. The average Bonchev–Trinajstić information content (AvgIpc) is 2.57. The summed E-state index contributed by atoms with van der Waals surface area (Å²) in [5, 5.41) is 0. The quantitative estimate of drug-likeness (QED) is 0.762. The lowest BCUT2D eigenvalue weighted by atomic mass is 10.1. The van der Waals surface area contributed by atoms with E-state index in [1.165, 1.54) is 0 Å². The van der Waals surface area contributed by atoms with Gasteiger partial charge in [0, 0.05) is 12.6 Å². The Morgan fingerprint density at radius 1 is 1.41 bits per heavy atom. The Kier molecular flexibility index (Phi) is 2.96. The van der Waals surface area contributed by atoms with Crippen molar-refractivity contribution in [2.24, 2.45) is 11.7 Å². The molecule has 4 N–H and O–H groups in total. The first-order valence-electron chi connectivity index (χ1n) is 5.95. The van der Waals surface area contributed by atoms with Gasteiger partial charge in [-0.2, -0.15) is 0 Å². The van der Waals surface area contributed by atoms with Crippen molar-refractivity contribution in [2.75, 3.05) is 17.2 Å². The van der Waals surface area contributed by atoms with Gasteiger partial charge in [0.2, 0.25) is 0 Å². The second-order valence-electron chi connectivity index (χ2n) is 4.95. The number of benzene rings is 1. The summed E-state index contributed by atoms with van der Waals surface area (Å²) >= 11 is 0. The zero-order valence-electron chi connectivity index (χ0n) is 10.3. The molecule has 1 aliphatic rings. The fourth-order valence-electron chi connectivity index (χ4n) is 2.69. The maximum Gasteiger partial charge on any atom is 0.250 e. The molecule has 1 aromatic carbocycles. The van der Waals surface area contributed by atoms with Crippen LogP contribution in [0.5, 0.6) is 0 Å². The van der Waals surface area contributed by atoms with Crippen molar-refractivity contribution in [1.29, 1.82) is 0 Å². The second kappa shape index (κ2) is 4.28. The van der Waals surface area contributed by atoms with Gasteiger partial charge in [0.15, 0.2) is 0 Å². The van der Waals surface area contributed by atoms with Gasteiger partial charge in [-0.3, -0.25) is 4.79 Å². The molecule has 0 aromatic heterocycles. The number of hydrogen-bond donors (Lipinski definition) is 2. The number of carbonyl (C=O) groups excluding carboxylic acids is 1. The summed E-state index contributed by atoms with van der Waals surface area (Å²) in [5.74, 6) is 0.199. The molecule has 1 fully saturated rings. The van der Waals surface area contributed by atoms with Crippen molar-refractivity contribution in [3.8, 4) is 0 Å². The fourth-order valence-corrected chi connectivity index (χ4v) is 2.69. The fraction of sp³-hybridized carbons (Fsp3) is 0.462. The van der Waals surface area contributed by atoms with Crippen LogP contribution in [0.3, 0.4) is 0 Å². The van der Waals surface area contributed by atoms with Crippen LogP contribution < -0.4 is 16.4 Å². The highest BCUT2D eigenvalue weighted by atomic mass is 16.1. The third-order valence-corrected chi connectivity index (χ3v) is 3.40. The Hall–Kier alpha value is -1.71. The number of nitrogen functional groups attached to an aromatic ring is 1. The van der Waals surface area contributed by atoms with E-state index in [2.05, 4.69) is 18.7 Å². The molecule has 1 aliphatic heterocycles. The van der Waals surface area contributed by atoms with Gasteiger partial charge in [0.25, 0.3) is 5.91 Å². The molecular weight excluding hydrogens is 214 g/mol. The van der Waals surface area contributed by atoms with Gasteiger partial charge in [-0.25, -0.2) is 0 Å². The summed E-state index contributed by atoms with van der Waals surface area (Å²) in [5.41, 5.74) is 13.4. The molecule has 0 bridgehead atoms. The van der Waals surface area contributed by atoms with Crippen LogP contribution in [-0.4, -0.2) is 18.5 Å². The van der Waals surface area contributed by atoms with Crippen LogP contribution >= 0.6 is 0 Å². The van der Waals surface area contributed by atoms with Crippen molar-refractivity contribution < 1.29 is 4.79 Å². The van der Waals surface area contributed by atoms with Crippen LogP contribution in [-0.2, 0) is 0 Å². The van der Waals surface area contributed by atoms with Gasteiger partial charge in [0.05, 0.1) is 16.9 Å². The number of nitrogens with two attached hydrogens (primary N) is 2. The van der Waals surface area contributed by atoms with Gasteiger partial charge in [-0.05, 0) is 31.4 Å². The summed E-state index contributed by atoms with van der Waals surface area (Å²) in [6, 6.07) is 5.72. The largest absolute Gasteiger partial charge is 0.397 e. The Bertz CT molecular complexity index is 444. The molecule has 4 nitrogen and oxygen atoms in total. The molecule has 1 amide bonds. The molecule has 1 saturated heterocycles. The molecule has 1 heterocycles. The zero-order chi connectivity index (χ0) is 12.6.